The number of hydrogen-bond donors (Lipinski definition) is 0. The number of carbonyl (C=O) groups is 1. The van der Waals surface area contributed by atoms with Crippen molar-refractivity contribution in [2.45, 2.75) is 12.6 Å². The molecular weight excluding hydrogens is 396 g/mol. The van der Waals surface area contributed by atoms with Crippen molar-refractivity contribution < 1.29 is 14.3 Å². The largest absolute Gasteiger partial charge is 0.477 e. The van der Waals surface area contributed by atoms with Crippen LogP contribution in [0.2, 0.25) is 0 Å². The van der Waals surface area contributed by atoms with Crippen molar-refractivity contribution in [3.8, 4) is 5.75 Å². The summed E-state index contributed by atoms with van der Waals surface area (Å²) in [6, 6.07) is 16.2. The Bertz CT molecular complexity index is 775. The molecule has 2 aliphatic rings. The Morgan fingerprint density at radius 1 is 1.08 bits per heavy atom. The molecule has 0 saturated carbocycles. The summed E-state index contributed by atoms with van der Waals surface area (Å²) in [6.07, 6.45) is -0.488. The van der Waals surface area contributed by atoms with Crippen LogP contribution in [0.15, 0.2) is 53.0 Å². The molecule has 1 amide bonds. The van der Waals surface area contributed by atoms with Gasteiger partial charge >= 0.3 is 0 Å². The number of nitrogens with zero attached hydrogens (tertiary/aromatic N) is 2. The highest BCUT2D eigenvalue weighted by Gasteiger charge is 2.34. The number of benzene rings is 2. The van der Waals surface area contributed by atoms with Gasteiger partial charge in [0.2, 0.25) is 0 Å². The van der Waals surface area contributed by atoms with E-state index < -0.39 is 6.10 Å². The molecule has 5 nitrogen and oxygen atoms in total. The molecule has 2 aromatic carbocycles. The van der Waals surface area contributed by atoms with Gasteiger partial charge in [0, 0.05) is 24.1 Å². The van der Waals surface area contributed by atoms with E-state index in [0.717, 1.165) is 22.5 Å². The zero-order valence-corrected chi connectivity index (χ0v) is 16.0. The summed E-state index contributed by atoms with van der Waals surface area (Å²) in [6.45, 7) is 3.74. The van der Waals surface area contributed by atoms with E-state index in [1.807, 2.05) is 41.3 Å². The fourth-order valence-electron chi connectivity index (χ4n) is 3.38. The molecule has 1 fully saturated rings. The molecule has 1 saturated heterocycles. The van der Waals surface area contributed by atoms with Crippen LogP contribution in [0.5, 0.6) is 5.75 Å². The van der Waals surface area contributed by atoms with Crippen molar-refractivity contribution in [2.75, 3.05) is 37.7 Å². The highest BCUT2D eigenvalue weighted by Crippen LogP contribution is 2.34. The fourth-order valence-corrected chi connectivity index (χ4v) is 3.65. The molecule has 2 heterocycles. The minimum atomic E-state index is -0.488. The third-order valence-corrected chi connectivity index (χ3v) is 5.27. The number of hydrogen-bond acceptors (Lipinski definition) is 4. The Kier molecular flexibility index (Phi) is 5.13. The van der Waals surface area contributed by atoms with Gasteiger partial charge in [0.25, 0.3) is 5.91 Å². The maximum absolute atomic E-state index is 12.9. The highest BCUT2D eigenvalue weighted by molar-refractivity contribution is 9.10. The molecule has 4 rings (SSSR count). The molecule has 1 atom stereocenters. The van der Waals surface area contributed by atoms with E-state index >= 15 is 0 Å². The van der Waals surface area contributed by atoms with Crippen molar-refractivity contribution in [2.24, 2.45) is 0 Å². The molecule has 0 aliphatic carbocycles. The summed E-state index contributed by atoms with van der Waals surface area (Å²) in [5.74, 6) is 0.811. The van der Waals surface area contributed by atoms with E-state index in [1.165, 1.54) is 5.56 Å². The molecule has 2 aliphatic heterocycles. The summed E-state index contributed by atoms with van der Waals surface area (Å²) < 4.78 is 12.5. The lowest BCUT2D eigenvalue weighted by Gasteiger charge is -2.38. The Morgan fingerprint density at radius 3 is 2.58 bits per heavy atom. The SMILES string of the molecule is O=C(C1CN(Cc2ccc(Br)cc2)c2ccccc2O1)N1CCOCC1. The molecule has 0 spiro atoms. The molecule has 0 N–H and O–H groups in total. The fraction of sp³-hybridized carbons (Fsp3) is 0.350. The number of amides is 1. The van der Waals surface area contributed by atoms with Gasteiger partial charge in [-0.15, -0.1) is 0 Å². The third-order valence-electron chi connectivity index (χ3n) is 4.75. The van der Waals surface area contributed by atoms with Crippen LogP contribution in [-0.2, 0) is 16.1 Å². The first-order chi connectivity index (χ1) is 12.7. The van der Waals surface area contributed by atoms with Gasteiger partial charge < -0.3 is 19.3 Å². The highest BCUT2D eigenvalue weighted by atomic mass is 79.9. The Labute approximate surface area is 161 Å². The second-order valence-corrected chi connectivity index (χ2v) is 7.43. The van der Waals surface area contributed by atoms with Crippen LogP contribution in [0.4, 0.5) is 5.69 Å². The van der Waals surface area contributed by atoms with E-state index in [1.54, 1.807) is 0 Å². The zero-order chi connectivity index (χ0) is 17.9. The van der Waals surface area contributed by atoms with Gasteiger partial charge in [-0.1, -0.05) is 40.2 Å². The van der Waals surface area contributed by atoms with E-state index in [0.29, 0.717) is 32.8 Å². The lowest BCUT2D eigenvalue weighted by Crippen LogP contribution is -2.52. The lowest BCUT2D eigenvalue weighted by molar-refractivity contribution is -0.142. The lowest BCUT2D eigenvalue weighted by atomic mass is 10.1. The number of rotatable bonds is 3. The number of halogens is 1. The molecule has 0 bridgehead atoms. The Balaban J connectivity index is 1.56. The van der Waals surface area contributed by atoms with Crippen molar-refractivity contribution in [3.63, 3.8) is 0 Å². The van der Waals surface area contributed by atoms with Gasteiger partial charge in [-0.25, -0.2) is 0 Å². The molecule has 26 heavy (non-hydrogen) atoms. The van der Waals surface area contributed by atoms with Crippen LogP contribution in [0, 0.1) is 0 Å². The number of anilines is 1. The van der Waals surface area contributed by atoms with Crippen molar-refractivity contribution in [1.29, 1.82) is 0 Å². The summed E-state index contributed by atoms with van der Waals surface area (Å²) >= 11 is 3.48. The molecule has 0 aromatic heterocycles. The molecule has 136 valence electrons. The van der Waals surface area contributed by atoms with Gasteiger partial charge in [-0.2, -0.15) is 0 Å². The van der Waals surface area contributed by atoms with Crippen molar-refractivity contribution >= 4 is 27.5 Å². The van der Waals surface area contributed by atoms with Crippen LogP contribution in [0.3, 0.4) is 0 Å². The van der Waals surface area contributed by atoms with Crippen LogP contribution in [-0.4, -0.2) is 49.8 Å². The number of morpholine rings is 1. The monoisotopic (exact) mass is 416 g/mol. The number of para-hydroxylation sites is 2. The average molecular weight is 417 g/mol. The van der Waals surface area contributed by atoms with E-state index in [-0.39, 0.29) is 5.91 Å². The smallest absolute Gasteiger partial charge is 0.265 e. The van der Waals surface area contributed by atoms with Gasteiger partial charge in [0.05, 0.1) is 25.4 Å². The summed E-state index contributed by atoms with van der Waals surface area (Å²) in [7, 11) is 0. The second-order valence-electron chi connectivity index (χ2n) is 6.52. The summed E-state index contributed by atoms with van der Waals surface area (Å²) in [5.41, 5.74) is 2.23. The number of ether oxygens (including phenoxy) is 2. The Morgan fingerprint density at radius 2 is 1.81 bits per heavy atom. The molecular formula is C20H21BrN2O3. The number of fused-ring (bicyclic) bond motifs is 1. The minimum absolute atomic E-state index is 0.0450. The molecule has 1 unspecified atom stereocenters. The standard InChI is InChI=1S/C20H21BrN2O3/c21-16-7-5-15(6-8-16)13-23-14-19(20(24)22-9-11-25-12-10-22)26-18-4-2-1-3-17(18)23/h1-8,19H,9-14H2. The van der Waals surface area contributed by atoms with Crippen molar-refractivity contribution in [3.05, 3.63) is 58.6 Å². The first-order valence-corrected chi connectivity index (χ1v) is 9.61. The normalized spacial score (nSPS) is 19.7. The summed E-state index contributed by atoms with van der Waals surface area (Å²) in [5, 5.41) is 0. The minimum Gasteiger partial charge on any atom is -0.477 e. The summed E-state index contributed by atoms with van der Waals surface area (Å²) in [4.78, 5) is 17.0. The zero-order valence-electron chi connectivity index (χ0n) is 14.4. The third kappa shape index (κ3) is 3.71. The van der Waals surface area contributed by atoms with Crippen LogP contribution >= 0.6 is 15.9 Å². The van der Waals surface area contributed by atoms with Gasteiger partial charge in [-0.05, 0) is 29.8 Å². The van der Waals surface area contributed by atoms with Gasteiger partial charge in [-0.3, -0.25) is 4.79 Å². The average Bonchev–Trinajstić information content (AvgIpc) is 2.69. The molecule has 0 radical (unpaired) electrons. The maximum Gasteiger partial charge on any atom is 0.265 e. The maximum atomic E-state index is 12.9. The Hall–Kier alpha value is -2.05. The van der Waals surface area contributed by atoms with Crippen molar-refractivity contribution in [1.82, 2.24) is 4.90 Å². The van der Waals surface area contributed by atoms with E-state index in [2.05, 4.69) is 33.0 Å². The van der Waals surface area contributed by atoms with Gasteiger partial charge in [0.15, 0.2) is 6.10 Å². The van der Waals surface area contributed by atoms with E-state index in [4.69, 9.17) is 9.47 Å². The molecule has 2 aromatic rings. The predicted molar refractivity (Wildman–Crippen MR) is 103 cm³/mol. The first kappa shape index (κ1) is 17.4. The van der Waals surface area contributed by atoms with Crippen LogP contribution < -0.4 is 9.64 Å². The second kappa shape index (κ2) is 7.68. The van der Waals surface area contributed by atoms with Crippen LogP contribution in [0.25, 0.3) is 0 Å². The predicted octanol–water partition coefficient (Wildman–Crippen LogP) is 3.08. The topological polar surface area (TPSA) is 42.0 Å². The van der Waals surface area contributed by atoms with E-state index in [9.17, 15) is 4.79 Å². The quantitative estimate of drug-likeness (QED) is 0.770. The van der Waals surface area contributed by atoms with Gasteiger partial charge in [0.1, 0.15) is 5.75 Å². The first-order valence-electron chi connectivity index (χ1n) is 8.82. The number of carbonyl (C=O) groups excluding carboxylic acids is 1. The molecule has 6 heteroatoms. The van der Waals surface area contributed by atoms with Crippen LogP contribution in [0.1, 0.15) is 5.56 Å².